The summed E-state index contributed by atoms with van der Waals surface area (Å²) in [7, 11) is 1.47. The average Bonchev–Trinajstić information content (AvgIpc) is 2.73. The number of nitrogens with zero attached hydrogens (tertiary/aromatic N) is 3. The van der Waals surface area contributed by atoms with Crippen molar-refractivity contribution < 1.29 is 19.1 Å². The number of ether oxygens (including phenoxy) is 1. The van der Waals surface area contributed by atoms with E-state index in [4.69, 9.17) is 10.00 Å². The van der Waals surface area contributed by atoms with Crippen molar-refractivity contribution in [3.05, 3.63) is 52.7 Å². The Kier molecular flexibility index (Phi) is 5.66. The Labute approximate surface area is 187 Å². The first-order chi connectivity index (χ1) is 15.3. The standard InChI is InChI=1S/C25H25N3O4/c1-15-6-18(19-5-4-17(10-26)11-27-19)7-16(2)23(15)24-20(29)8-25(9-21(24)30)13-28(14-25)22(31)12-32-3/h4-7,11,24H,8-9,12-14H2,1-3H3. The molecule has 2 heterocycles. The number of likely N-dealkylation sites (tertiary alicyclic amines) is 1. The number of hydrogen-bond donors (Lipinski definition) is 0. The van der Waals surface area contributed by atoms with Gasteiger partial charge in [0, 0.05) is 50.2 Å². The molecule has 164 valence electrons. The quantitative estimate of drug-likeness (QED) is 0.690. The summed E-state index contributed by atoms with van der Waals surface area (Å²) in [4.78, 5) is 44.3. The smallest absolute Gasteiger partial charge is 0.248 e. The number of aromatic nitrogens is 1. The molecular formula is C25H25N3O4. The molecule has 0 bridgehead atoms. The number of aryl methyl sites for hydroxylation is 2. The number of pyridine rings is 1. The summed E-state index contributed by atoms with van der Waals surface area (Å²) in [5.74, 6) is -1.02. The Morgan fingerprint density at radius 1 is 1.19 bits per heavy atom. The molecule has 1 aromatic heterocycles. The molecule has 4 rings (SSSR count). The van der Waals surface area contributed by atoms with Gasteiger partial charge in [-0.25, -0.2) is 0 Å². The third-order valence-corrected chi connectivity index (χ3v) is 6.49. The summed E-state index contributed by atoms with van der Waals surface area (Å²) >= 11 is 0. The van der Waals surface area contributed by atoms with Gasteiger partial charge in [-0.1, -0.05) is 0 Å². The van der Waals surface area contributed by atoms with Crippen LogP contribution in [-0.2, 0) is 19.1 Å². The van der Waals surface area contributed by atoms with Gasteiger partial charge in [0.2, 0.25) is 5.91 Å². The van der Waals surface area contributed by atoms with Crippen LogP contribution in [0.1, 0.15) is 41.0 Å². The van der Waals surface area contributed by atoms with Gasteiger partial charge in [0.1, 0.15) is 30.2 Å². The van der Waals surface area contributed by atoms with Crippen molar-refractivity contribution in [1.82, 2.24) is 9.88 Å². The first kappa shape index (κ1) is 21.8. The van der Waals surface area contributed by atoms with Crippen LogP contribution in [0.4, 0.5) is 0 Å². The van der Waals surface area contributed by atoms with Crippen LogP contribution < -0.4 is 0 Å². The zero-order chi connectivity index (χ0) is 23.0. The lowest BCUT2D eigenvalue weighted by atomic mass is 9.63. The molecule has 7 heteroatoms. The topological polar surface area (TPSA) is 100 Å². The maximum Gasteiger partial charge on any atom is 0.248 e. The lowest BCUT2D eigenvalue weighted by Crippen LogP contribution is -2.62. The summed E-state index contributed by atoms with van der Waals surface area (Å²) in [5, 5.41) is 8.96. The second kappa shape index (κ2) is 8.29. The number of carbonyl (C=O) groups excluding carboxylic acids is 3. The molecular weight excluding hydrogens is 406 g/mol. The fourth-order valence-corrected chi connectivity index (χ4v) is 5.09. The zero-order valence-electron chi connectivity index (χ0n) is 18.5. The molecule has 2 aromatic rings. The number of benzene rings is 1. The van der Waals surface area contributed by atoms with Crippen LogP contribution in [0.3, 0.4) is 0 Å². The molecule has 2 aliphatic rings. The summed E-state index contributed by atoms with van der Waals surface area (Å²) in [6.45, 7) is 4.70. The molecule has 0 atom stereocenters. The second-order valence-corrected chi connectivity index (χ2v) is 8.97. The molecule has 7 nitrogen and oxygen atoms in total. The van der Waals surface area contributed by atoms with Gasteiger partial charge in [0.25, 0.3) is 0 Å². The van der Waals surface area contributed by atoms with Crippen LogP contribution in [0.25, 0.3) is 11.3 Å². The Bertz CT molecular complexity index is 1100. The first-order valence-corrected chi connectivity index (χ1v) is 10.6. The highest BCUT2D eigenvalue weighted by molar-refractivity contribution is 6.11. The van der Waals surface area contributed by atoms with E-state index >= 15 is 0 Å². The Morgan fingerprint density at radius 2 is 1.81 bits per heavy atom. The van der Waals surface area contributed by atoms with E-state index in [1.807, 2.05) is 26.0 Å². The number of carbonyl (C=O) groups is 3. The molecule has 1 amide bonds. The summed E-state index contributed by atoms with van der Waals surface area (Å²) in [5.41, 5.74) is 4.20. The van der Waals surface area contributed by atoms with Crippen LogP contribution in [-0.4, -0.2) is 54.2 Å². The van der Waals surface area contributed by atoms with Crippen molar-refractivity contribution in [1.29, 1.82) is 5.26 Å². The molecule has 0 N–H and O–H groups in total. The van der Waals surface area contributed by atoms with Crippen molar-refractivity contribution in [3.63, 3.8) is 0 Å². The number of rotatable bonds is 4. The van der Waals surface area contributed by atoms with Crippen LogP contribution in [0.2, 0.25) is 0 Å². The minimum Gasteiger partial charge on any atom is -0.375 e. The number of nitriles is 1. The predicted molar refractivity (Wildman–Crippen MR) is 117 cm³/mol. The number of ketones is 2. The molecule has 32 heavy (non-hydrogen) atoms. The fraction of sp³-hybridized carbons (Fsp3) is 0.400. The Morgan fingerprint density at radius 3 is 2.31 bits per heavy atom. The third-order valence-electron chi connectivity index (χ3n) is 6.49. The van der Waals surface area contributed by atoms with Gasteiger partial charge in [-0.05, 0) is 54.8 Å². The molecule has 1 saturated heterocycles. The summed E-state index contributed by atoms with van der Waals surface area (Å²) in [6.07, 6.45) is 2.14. The van der Waals surface area contributed by atoms with Crippen LogP contribution in [0.15, 0.2) is 30.5 Å². The van der Waals surface area contributed by atoms with E-state index in [0.29, 0.717) is 31.5 Å². The molecule has 1 spiro atoms. The van der Waals surface area contributed by atoms with E-state index in [0.717, 1.165) is 27.9 Å². The van der Waals surface area contributed by atoms with Crippen LogP contribution in [0, 0.1) is 30.6 Å². The highest BCUT2D eigenvalue weighted by Crippen LogP contribution is 2.46. The Hall–Kier alpha value is -3.37. The lowest BCUT2D eigenvalue weighted by molar-refractivity contribution is -0.157. The molecule has 0 radical (unpaired) electrons. The zero-order valence-corrected chi connectivity index (χ0v) is 18.5. The number of methoxy groups -OCH3 is 1. The molecule has 0 unspecified atom stereocenters. The third kappa shape index (κ3) is 3.82. The second-order valence-electron chi connectivity index (χ2n) is 8.97. The van der Waals surface area contributed by atoms with Gasteiger partial charge in [0.05, 0.1) is 11.3 Å². The predicted octanol–water partition coefficient (Wildman–Crippen LogP) is 2.73. The lowest BCUT2D eigenvalue weighted by Gasteiger charge is -2.52. The molecule has 1 aromatic carbocycles. The first-order valence-electron chi connectivity index (χ1n) is 10.6. The minimum atomic E-state index is -0.757. The number of Topliss-reactive ketones (excluding diaryl/α,β-unsaturated/α-hetero) is 2. The molecule has 1 aliphatic carbocycles. The van der Waals surface area contributed by atoms with Gasteiger partial charge >= 0.3 is 0 Å². The van der Waals surface area contributed by atoms with Crippen molar-refractivity contribution in [3.8, 4) is 17.3 Å². The maximum absolute atomic E-state index is 13.2. The van der Waals surface area contributed by atoms with E-state index in [1.165, 1.54) is 13.3 Å². The fourth-order valence-electron chi connectivity index (χ4n) is 5.09. The van der Waals surface area contributed by atoms with Gasteiger partial charge < -0.3 is 9.64 Å². The van der Waals surface area contributed by atoms with E-state index in [9.17, 15) is 14.4 Å². The van der Waals surface area contributed by atoms with E-state index in [2.05, 4.69) is 11.1 Å². The average molecular weight is 431 g/mol. The van der Waals surface area contributed by atoms with Gasteiger partial charge in [0.15, 0.2) is 0 Å². The van der Waals surface area contributed by atoms with Crippen molar-refractivity contribution in [2.45, 2.75) is 32.6 Å². The van der Waals surface area contributed by atoms with Crippen LogP contribution in [0.5, 0.6) is 0 Å². The molecule has 1 aliphatic heterocycles. The molecule has 2 fully saturated rings. The summed E-state index contributed by atoms with van der Waals surface area (Å²) < 4.78 is 4.89. The largest absolute Gasteiger partial charge is 0.375 e. The van der Waals surface area contributed by atoms with Crippen molar-refractivity contribution >= 4 is 17.5 Å². The Balaban J connectivity index is 1.55. The number of amides is 1. The van der Waals surface area contributed by atoms with Gasteiger partial charge in [-0.3, -0.25) is 19.4 Å². The van der Waals surface area contributed by atoms with Crippen LogP contribution >= 0.6 is 0 Å². The van der Waals surface area contributed by atoms with Crippen molar-refractivity contribution in [2.75, 3.05) is 26.8 Å². The number of hydrogen-bond acceptors (Lipinski definition) is 6. The summed E-state index contributed by atoms with van der Waals surface area (Å²) in [6, 6.07) is 9.45. The monoisotopic (exact) mass is 431 g/mol. The van der Waals surface area contributed by atoms with E-state index < -0.39 is 11.3 Å². The van der Waals surface area contributed by atoms with E-state index in [1.54, 1.807) is 17.0 Å². The minimum absolute atomic E-state index is 0.0133. The highest BCUT2D eigenvalue weighted by atomic mass is 16.5. The highest BCUT2D eigenvalue weighted by Gasteiger charge is 2.53. The normalized spacial score (nSPS) is 17.9. The van der Waals surface area contributed by atoms with Gasteiger partial charge in [-0.15, -0.1) is 0 Å². The maximum atomic E-state index is 13.2. The van der Waals surface area contributed by atoms with Gasteiger partial charge in [-0.2, -0.15) is 5.26 Å². The molecule has 1 saturated carbocycles. The van der Waals surface area contributed by atoms with E-state index in [-0.39, 0.29) is 24.1 Å². The van der Waals surface area contributed by atoms with Crippen molar-refractivity contribution in [2.24, 2.45) is 5.41 Å². The SMILES string of the molecule is COCC(=O)N1CC2(CC(=O)C(c3c(C)cc(-c4ccc(C#N)cn4)cc3C)C(=O)C2)C1.